The molecule has 0 unspecified atom stereocenters. The molecular formula is C19H22N2O4. The van der Waals surface area contributed by atoms with Gasteiger partial charge in [-0.05, 0) is 28.8 Å². The Morgan fingerprint density at radius 1 is 1.04 bits per heavy atom. The van der Waals surface area contributed by atoms with E-state index in [1.165, 1.54) is 0 Å². The van der Waals surface area contributed by atoms with Gasteiger partial charge in [0.1, 0.15) is 0 Å². The van der Waals surface area contributed by atoms with Gasteiger partial charge in [-0.1, -0.05) is 43.3 Å². The van der Waals surface area contributed by atoms with Gasteiger partial charge in [0.15, 0.2) is 0 Å². The Hall–Kier alpha value is -2.89. The highest BCUT2D eigenvalue weighted by Crippen LogP contribution is 2.22. The number of carbonyl (C=O) groups is 3. The molecule has 0 radical (unpaired) electrons. The highest BCUT2D eigenvalue weighted by Gasteiger charge is 2.18. The second kappa shape index (κ2) is 8.82. The topological polar surface area (TPSA) is 95.5 Å². The lowest BCUT2D eigenvalue weighted by atomic mass is 9.99. The van der Waals surface area contributed by atoms with Crippen molar-refractivity contribution in [3.05, 3.63) is 48.0 Å². The molecule has 6 heteroatoms. The van der Waals surface area contributed by atoms with Crippen LogP contribution in [0.1, 0.15) is 37.8 Å². The van der Waals surface area contributed by atoms with Crippen LogP contribution in [0, 0.1) is 0 Å². The molecule has 0 bridgehead atoms. The summed E-state index contributed by atoms with van der Waals surface area (Å²) in [6, 6.07) is 12.7. The van der Waals surface area contributed by atoms with E-state index in [2.05, 4.69) is 10.6 Å². The third-order valence-corrected chi connectivity index (χ3v) is 3.81. The molecule has 2 amide bonds. The molecule has 0 saturated carbocycles. The van der Waals surface area contributed by atoms with Crippen molar-refractivity contribution >= 4 is 28.6 Å². The molecule has 132 valence electrons. The number of nitrogens with one attached hydrogen (secondary N) is 2. The number of hydrogen-bond acceptors (Lipinski definition) is 3. The van der Waals surface area contributed by atoms with E-state index in [-0.39, 0.29) is 18.9 Å². The molecule has 2 rings (SSSR count). The van der Waals surface area contributed by atoms with E-state index in [9.17, 15) is 14.4 Å². The van der Waals surface area contributed by atoms with E-state index in [0.717, 1.165) is 10.8 Å². The van der Waals surface area contributed by atoms with Crippen LogP contribution in [0.25, 0.3) is 10.8 Å². The number of hydrogen-bond donors (Lipinski definition) is 3. The molecule has 0 heterocycles. The first-order valence-electron chi connectivity index (χ1n) is 8.26. The van der Waals surface area contributed by atoms with E-state index < -0.39 is 17.9 Å². The normalized spacial score (nSPS) is 11.7. The first kappa shape index (κ1) is 18.4. The Morgan fingerprint density at radius 2 is 1.76 bits per heavy atom. The molecule has 2 aromatic rings. The van der Waals surface area contributed by atoms with Gasteiger partial charge in [0.25, 0.3) is 0 Å². The maximum Gasteiger partial charge on any atom is 0.305 e. The van der Waals surface area contributed by atoms with Gasteiger partial charge >= 0.3 is 5.97 Å². The smallest absolute Gasteiger partial charge is 0.305 e. The molecule has 0 spiro atoms. The van der Waals surface area contributed by atoms with Gasteiger partial charge in [0, 0.05) is 6.42 Å². The lowest BCUT2D eigenvalue weighted by Crippen LogP contribution is -2.39. The van der Waals surface area contributed by atoms with E-state index in [0.29, 0.717) is 18.4 Å². The number of benzene rings is 2. The molecular weight excluding hydrogens is 320 g/mol. The lowest BCUT2D eigenvalue weighted by molar-refractivity contribution is -0.138. The van der Waals surface area contributed by atoms with Crippen LogP contribution in [0.2, 0.25) is 0 Å². The number of aliphatic carboxylic acids is 1. The van der Waals surface area contributed by atoms with E-state index in [4.69, 9.17) is 5.11 Å². The molecule has 0 aliphatic carbocycles. The molecule has 3 N–H and O–H groups in total. The van der Waals surface area contributed by atoms with Crippen molar-refractivity contribution in [2.45, 2.75) is 32.2 Å². The third-order valence-electron chi connectivity index (χ3n) is 3.81. The van der Waals surface area contributed by atoms with Crippen LogP contribution in [-0.2, 0) is 14.4 Å². The Morgan fingerprint density at radius 3 is 2.44 bits per heavy atom. The van der Waals surface area contributed by atoms with Gasteiger partial charge in [-0.2, -0.15) is 0 Å². The Labute approximate surface area is 146 Å². The summed E-state index contributed by atoms with van der Waals surface area (Å²) in [7, 11) is 0. The van der Waals surface area contributed by atoms with Gasteiger partial charge in [-0.25, -0.2) is 0 Å². The first-order valence-corrected chi connectivity index (χ1v) is 8.26. The molecule has 0 fully saturated rings. The summed E-state index contributed by atoms with van der Waals surface area (Å²) in [6.45, 7) is 1.71. The predicted molar refractivity (Wildman–Crippen MR) is 95.0 cm³/mol. The molecule has 6 nitrogen and oxygen atoms in total. The van der Waals surface area contributed by atoms with Crippen LogP contribution in [0.15, 0.2) is 42.5 Å². The molecule has 25 heavy (non-hydrogen) atoms. The summed E-state index contributed by atoms with van der Waals surface area (Å²) in [6.07, 6.45) is 0.829. The maximum absolute atomic E-state index is 12.1. The van der Waals surface area contributed by atoms with E-state index in [1.54, 1.807) is 0 Å². The minimum absolute atomic E-state index is 0.164. The number of carboxylic acids is 1. The van der Waals surface area contributed by atoms with Gasteiger partial charge < -0.3 is 15.7 Å². The average molecular weight is 342 g/mol. The minimum atomic E-state index is -1.01. The summed E-state index contributed by atoms with van der Waals surface area (Å²) in [5, 5.41) is 16.4. The fourth-order valence-corrected chi connectivity index (χ4v) is 2.59. The van der Waals surface area contributed by atoms with E-state index in [1.807, 2.05) is 49.4 Å². The van der Waals surface area contributed by atoms with Gasteiger partial charge in [0.05, 0.1) is 19.0 Å². The van der Waals surface area contributed by atoms with E-state index >= 15 is 0 Å². The monoisotopic (exact) mass is 342 g/mol. The lowest BCUT2D eigenvalue weighted by Gasteiger charge is -2.18. The van der Waals surface area contributed by atoms with Crippen molar-refractivity contribution in [1.82, 2.24) is 10.6 Å². The predicted octanol–water partition coefficient (Wildman–Crippen LogP) is 2.39. The zero-order valence-electron chi connectivity index (χ0n) is 14.1. The number of amides is 2. The molecule has 1 atom stereocenters. The second-order valence-electron chi connectivity index (χ2n) is 5.85. The Kier molecular flexibility index (Phi) is 6.51. The Balaban J connectivity index is 2.10. The fraction of sp³-hybridized carbons (Fsp3) is 0.316. The number of carbonyl (C=O) groups excluding carboxylic acids is 2. The minimum Gasteiger partial charge on any atom is -0.481 e. The van der Waals surface area contributed by atoms with Crippen LogP contribution in [0.5, 0.6) is 0 Å². The fourth-order valence-electron chi connectivity index (χ4n) is 2.59. The van der Waals surface area contributed by atoms with Crippen molar-refractivity contribution in [3.63, 3.8) is 0 Å². The average Bonchev–Trinajstić information content (AvgIpc) is 2.59. The molecule has 0 aliphatic heterocycles. The van der Waals surface area contributed by atoms with Crippen LogP contribution < -0.4 is 10.6 Å². The van der Waals surface area contributed by atoms with Crippen molar-refractivity contribution < 1.29 is 19.5 Å². The van der Waals surface area contributed by atoms with Crippen molar-refractivity contribution in [3.8, 4) is 0 Å². The van der Waals surface area contributed by atoms with Crippen LogP contribution in [0.3, 0.4) is 0 Å². The number of fused-ring (bicyclic) bond motifs is 1. The zero-order valence-corrected chi connectivity index (χ0v) is 14.1. The SMILES string of the molecule is CCCC(=O)NCC(=O)N[C@@H](CC(=O)O)c1ccc2ccccc2c1. The quantitative estimate of drug-likeness (QED) is 0.686. The number of rotatable bonds is 8. The van der Waals surface area contributed by atoms with Gasteiger partial charge in [-0.3, -0.25) is 14.4 Å². The second-order valence-corrected chi connectivity index (χ2v) is 5.85. The Bertz CT molecular complexity index is 773. The molecule has 0 aliphatic rings. The largest absolute Gasteiger partial charge is 0.481 e. The third kappa shape index (κ3) is 5.60. The highest BCUT2D eigenvalue weighted by atomic mass is 16.4. The first-order chi connectivity index (χ1) is 12.0. The van der Waals surface area contributed by atoms with Crippen LogP contribution >= 0.6 is 0 Å². The molecule has 2 aromatic carbocycles. The highest BCUT2D eigenvalue weighted by molar-refractivity contribution is 5.86. The maximum atomic E-state index is 12.1. The van der Waals surface area contributed by atoms with Crippen LogP contribution in [-0.4, -0.2) is 29.4 Å². The van der Waals surface area contributed by atoms with Crippen molar-refractivity contribution in [2.75, 3.05) is 6.54 Å². The summed E-state index contributed by atoms with van der Waals surface area (Å²) >= 11 is 0. The number of carboxylic acid groups (broad SMARTS) is 1. The van der Waals surface area contributed by atoms with Gasteiger partial charge in [-0.15, -0.1) is 0 Å². The standard InChI is InChI=1S/C19H22N2O4/c1-2-5-17(22)20-12-18(23)21-16(11-19(24)25)15-9-8-13-6-3-4-7-14(13)10-15/h3-4,6-10,16H,2,5,11-12H2,1H3,(H,20,22)(H,21,23)(H,24,25)/t16-/m0/s1. The zero-order chi connectivity index (χ0) is 18.2. The van der Waals surface area contributed by atoms with Crippen LogP contribution in [0.4, 0.5) is 0 Å². The summed E-state index contributed by atoms with van der Waals surface area (Å²) < 4.78 is 0. The summed E-state index contributed by atoms with van der Waals surface area (Å²) in [5.74, 6) is -1.62. The van der Waals surface area contributed by atoms with Gasteiger partial charge in [0.2, 0.25) is 11.8 Å². The van der Waals surface area contributed by atoms with Crippen molar-refractivity contribution in [2.24, 2.45) is 0 Å². The molecule has 0 saturated heterocycles. The summed E-state index contributed by atoms with van der Waals surface area (Å²) in [5.41, 5.74) is 0.717. The summed E-state index contributed by atoms with van der Waals surface area (Å²) in [4.78, 5) is 34.7. The molecule has 0 aromatic heterocycles. The van der Waals surface area contributed by atoms with Crippen molar-refractivity contribution in [1.29, 1.82) is 0 Å².